The van der Waals surface area contributed by atoms with E-state index in [4.69, 9.17) is 5.73 Å². The first-order valence-electron chi connectivity index (χ1n) is 9.98. The van der Waals surface area contributed by atoms with Gasteiger partial charge in [0.2, 0.25) is 11.9 Å². The third kappa shape index (κ3) is 4.38. The van der Waals surface area contributed by atoms with Crippen molar-refractivity contribution >= 4 is 40.2 Å². The number of nitrogens with two attached hydrogens (primary N) is 1. The van der Waals surface area contributed by atoms with Crippen LogP contribution in [0.3, 0.4) is 0 Å². The molecule has 30 heavy (non-hydrogen) atoms. The molecule has 1 aliphatic heterocycles. The van der Waals surface area contributed by atoms with E-state index in [2.05, 4.69) is 32.5 Å². The number of hydrogen-bond donors (Lipinski definition) is 2. The van der Waals surface area contributed by atoms with Crippen molar-refractivity contribution in [2.75, 3.05) is 18.5 Å². The molecule has 8 heteroatoms. The van der Waals surface area contributed by atoms with Crippen molar-refractivity contribution in [3.8, 4) is 11.4 Å². The number of thioether (sulfide) groups is 1. The van der Waals surface area contributed by atoms with E-state index in [0.29, 0.717) is 11.8 Å². The maximum Gasteiger partial charge on any atom is 0.223 e. The molecule has 1 aliphatic rings. The summed E-state index contributed by atoms with van der Waals surface area (Å²) in [5.41, 5.74) is 8.54. The van der Waals surface area contributed by atoms with Crippen LogP contribution in [0.1, 0.15) is 25.7 Å². The Labute approximate surface area is 179 Å². The second-order valence-electron chi connectivity index (χ2n) is 7.05. The Morgan fingerprint density at radius 1 is 1.07 bits per heavy atom. The van der Waals surface area contributed by atoms with Gasteiger partial charge in [0.1, 0.15) is 0 Å². The Morgan fingerprint density at radius 2 is 1.93 bits per heavy atom. The molecule has 1 saturated heterocycles. The molecule has 0 radical (unpaired) electrons. The third-order valence-corrected chi connectivity index (χ3v) is 5.66. The van der Waals surface area contributed by atoms with Crippen LogP contribution in [0, 0.1) is 0 Å². The molecule has 3 heterocycles. The highest BCUT2D eigenvalue weighted by molar-refractivity contribution is 7.98. The number of hydrogen-bond acceptors (Lipinski definition) is 6. The minimum atomic E-state index is 0.225. The van der Waals surface area contributed by atoms with Crippen LogP contribution in [0.2, 0.25) is 0 Å². The molecule has 0 saturated carbocycles. The number of fused-ring (bicyclic) bond motifs is 3. The summed E-state index contributed by atoms with van der Waals surface area (Å²) >= 11 is 1.69. The molecule has 0 atom stereocenters. The molecule has 5 rings (SSSR count). The number of nitrogens with zero attached hydrogens (tertiary/aromatic N) is 4. The lowest BCUT2D eigenvalue weighted by Crippen LogP contribution is -2.21. The van der Waals surface area contributed by atoms with Crippen LogP contribution in [-0.2, 0) is 4.79 Å². The van der Waals surface area contributed by atoms with E-state index in [9.17, 15) is 4.79 Å². The maximum atomic E-state index is 10.6. The van der Waals surface area contributed by atoms with Gasteiger partial charge >= 0.3 is 0 Å². The highest BCUT2D eigenvalue weighted by Crippen LogP contribution is 2.25. The van der Waals surface area contributed by atoms with Crippen LogP contribution in [0.4, 0.5) is 5.95 Å². The molecule has 3 N–H and O–H groups in total. The zero-order chi connectivity index (χ0) is 20.9. The van der Waals surface area contributed by atoms with Crippen molar-refractivity contribution in [3.63, 3.8) is 0 Å². The Bertz CT molecular complexity index is 1180. The zero-order valence-electron chi connectivity index (χ0n) is 16.8. The molecule has 0 spiro atoms. The smallest absolute Gasteiger partial charge is 0.223 e. The largest absolute Gasteiger partial charge is 0.368 e. The fourth-order valence-electron chi connectivity index (χ4n) is 3.37. The standard InChI is InChI=1S/C16H13N5S.C6H11NO/c1-22-11-6-4-5-10(9-11)14-19-15-12-7-2-3-8-13(12)18-16(17)21(15)20-14;8-6-4-2-1-3-5-7-6/h2-9H,1H3,(H2,17,18);1-5H2,(H,7,8). The summed E-state index contributed by atoms with van der Waals surface area (Å²) in [6, 6.07) is 15.9. The summed E-state index contributed by atoms with van der Waals surface area (Å²) in [7, 11) is 0. The highest BCUT2D eigenvalue weighted by atomic mass is 32.2. The molecule has 7 nitrogen and oxygen atoms in total. The van der Waals surface area contributed by atoms with Crippen molar-refractivity contribution in [3.05, 3.63) is 48.5 Å². The van der Waals surface area contributed by atoms with Crippen LogP contribution in [0.5, 0.6) is 0 Å². The van der Waals surface area contributed by atoms with E-state index < -0.39 is 0 Å². The Hall–Kier alpha value is -3.13. The van der Waals surface area contributed by atoms with Crippen molar-refractivity contribution < 1.29 is 4.79 Å². The van der Waals surface area contributed by atoms with Crippen LogP contribution in [-0.4, -0.2) is 38.3 Å². The van der Waals surface area contributed by atoms with E-state index in [1.165, 1.54) is 11.3 Å². The van der Waals surface area contributed by atoms with Gasteiger partial charge in [-0.15, -0.1) is 16.9 Å². The van der Waals surface area contributed by atoms with Crippen molar-refractivity contribution in [1.82, 2.24) is 24.9 Å². The van der Waals surface area contributed by atoms with Gasteiger partial charge in [-0.1, -0.05) is 30.7 Å². The van der Waals surface area contributed by atoms with Crippen LogP contribution in [0.15, 0.2) is 53.4 Å². The quantitative estimate of drug-likeness (QED) is 0.477. The average Bonchev–Trinajstić information content (AvgIpc) is 3.10. The van der Waals surface area contributed by atoms with Crippen LogP contribution < -0.4 is 11.1 Å². The molecule has 1 fully saturated rings. The summed E-state index contributed by atoms with van der Waals surface area (Å²) in [5, 5.41) is 8.26. The maximum absolute atomic E-state index is 10.6. The number of nitrogen functional groups attached to an aromatic ring is 1. The van der Waals surface area contributed by atoms with E-state index in [1.54, 1.807) is 16.3 Å². The van der Waals surface area contributed by atoms with Crippen LogP contribution >= 0.6 is 11.8 Å². The number of rotatable bonds is 2. The van der Waals surface area contributed by atoms with Gasteiger partial charge in [0.15, 0.2) is 11.5 Å². The SMILES string of the molecule is CSc1cccc(-c2nc3c4ccccc4nc(N)n3n2)c1.O=C1CCCCCN1. The van der Waals surface area contributed by atoms with E-state index in [1.807, 2.05) is 42.7 Å². The summed E-state index contributed by atoms with van der Waals surface area (Å²) in [6.07, 6.45) is 6.22. The lowest BCUT2D eigenvalue weighted by molar-refractivity contribution is -0.120. The number of anilines is 1. The van der Waals surface area contributed by atoms with Gasteiger partial charge in [-0.3, -0.25) is 4.79 Å². The monoisotopic (exact) mass is 420 g/mol. The molecule has 2 aromatic carbocycles. The van der Waals surface area contributed by atoms with Crippen molar-refractivity contribution in [2.45, 2.75) is 30.6 Å². The second-order valence-corrected chi connectivity index (χ2v) is 7.93. The fraction of sp³-hybridized carbons (Fsp3) is 0.273. The number of carbonyl (C=O) groups is 1. The van der Waals surface area contributed by atoms with Crippen molar-refractivity contribution in [1.29, 1.82) is 0 Å². The van der Waals surface area contributed by atoms with Gasteiger partial charge < -0.3 is 11.1 Å². The zero-order valence-corrected chi connectivity index (χ0v) is 17.7. The number of para-hydroxylation sites is 1. The van der Waals surface area contributed by atoms with Gasteiger partial charge in [-0.05, 0) is 43.4 Å². The number of benzene rings is 2. The number of carbonyl (C=O) groups excluding carboxylic acids is 1. The number of amides is 1. The van der Waals surface area contributed by atoms with Gasteiger partial charge in [0, 0.05) is 28.8 Å². The topological polar surface area (TPSA) is 98.2 Å². The molecule has 0 aliphatic carbocycles. The Balaban J connectivity index is 0.000000230. The first kappa shape index (κ1) is 20.2. The molecule has 0 bridgehead atoms. The lowest BCUT2D eigenvalue weighted by Gasteiger charge is -2.00. The van der Waals surface area contributed by atoms with Gasteiger partial charge in [-0.25, -0.2) is 9.97 Å². The molecule has 2 aromatic heterocycles. The Morgan fingerprint density at radius 3 is 2.80 bits per heavy atom. The second kappa shape index (κ2) is 9.13. The lowest BCUT2D eigenvalue weighted by atomic mass is 10.2. The highest BCUT2D eigenvalue weighted by Gasteiger charge is 2.13. The van der Waals surface area contributed by atoms with E-state index in [-0.39, 0.29) is 5.91 Å². The summed E-state index contributed by atoms with van der Waals surface area (Å²) in [4.78, 5) is 20.8. The number of aromatic nitrogens is 4. The summed E-state index contributed by atoms with van der Waals surface area (Å²) in [5.74, 6) is 1.22. The Kier molecular flexibility index (Phi) is 6.13. The third-order valence-electron chi connectivity index (χ3n) is 4.93. The van der Waals surface area contributed by atoms with Crippen LogP contribution in [0.25, 0.3) is 27.9 Å². The van der Waals surface area contributed by atoms with E-state index in [0.717, 1.165) is 47.9 Å². The first-order chi connectivity index (χ1) is 14.7. The predicted molar refractivity (Wildman–Crippen MR) is 121 cm³/mol. The predicted octanol–water partition coefficient (Wildman–Crippen LogP) is 3.93. The molecule has 4 aromatic rings. The molecule has 0 unspecified atom stereocenters. The minimum absolute atomic E-state index is 0.225. The normalized spacial score (nSPS) is 14.1. The van der Waals surface area contributed by atoms with E-state index >= 15 is 0 Å². The summed E-state index contributed by atoms with van der Waals surface area (Å²) < 4.78 is 1.60. The molecule has 1 amide bonds. The van der Waals surface area contributed by atoms with Gasteiger partial charge in [0.05, 0.1) is 5.52 Å². The minimum Gasteiger partial charge on any atom is -0.368 e. The molecule has 154 valence electrons. The van der Waals surface area contributed by atoms with Crippen molar-refractivity contribution in [2.24, 2.45) is 0 Å². The van der Waals surface area contributed by atoms with Gasteiger partial charge in [-0.2, -0.15) is 4.52 Å². The molecular weight excluding hydrogens is 396 g/mol. The summed E-state index contributed by atoms with van der Waals surface area (Å²) in [6.45, 7) is 0.888. The fourth-order valence-corrected chi connectivity index (χ4v) is 3.82. The average molecular weight is 421 g/mol. The molecular formula is C22H24N6OS. The first-order valence-corrected chi connectivity index (χ1v) is 11.2. The van der Waals surface area contributed by atoms with Gasteiger partial charge in [0.25, 0.3) is 0 Å². The number of nitrogens with one attached hydrogen (secondary N) is 1.